The molecule has 94 valence electrons. The average Bonchev–Trinajstić information content (AvgIpc) is 2.22. The molecule has 0 spiro atoms. The molecule has 0 bridgehead atoms. The number of nitrogen functional groups attached to an aromatic ring is 1. The number of anilines is 1. The number of esters is 1. The fourth-order valence-corrected chi connectivity index (χ4v) is 1.85. The molecule has 0 aliphatic rings. The van der Waals surface area contributed by atoms with E-state index in [9.17, 15) is 13.6 Å². The molecule has 17 heavy (non-hydrogen) atoms. The summed E-state index contributed by atoms with van der Waals surface area (Å²) < 4.78 is 30.2. The number of aromatic nitrogens is 1. The number of rotatable bonds is 4. The Balaban J connectivity index is 2.95. The number of carbonyl (C=O) groups excluding carboxylic acids is 1. The Morgan fingerprint density at radius 1 is 1.65 bits per heavy atom. The van der Waals surface area contributed by atoms with E-state index >= 15 is 0 Å². The molecule has 1 aromatic rings. The second-order valence-corrected chi connectivity index (χ2v) is 4.34. The van der Waals surface area contributed by atoms with Crippen LogP contribution in [0.2, 0.25) is 0 Å². The fraction of sp³-hybridized carbons (Fsp3) is 0.400. The van der Waals surface area contributed by atoms with Crippen LogP contribution >= 0.6 is 22.6 Å². The Morgan fingerprint density at radius 2 is 2.29 bits per heavy atom. The first-order valence-electron chi connectivity index (χ1n) is 4.84. The van der Waals surface area contributed by atoms with Crippen molar-refractivity contribution in [3.8, 4) is 0 Å². The summed E-state index contributed by atoms with van der Waals surface area (Å²) in [7, 11) is 0. The lowest BCUT2D eigenvalue weighted by atomic mass is 10.2. The van der Waals surface area contributed by atoms with Crippen LogP contribution in [0.3, 0.4) is 0 Å². The van der Waals surface area contributed by atoms with Crippen molar-refractivity contribution in [3.63, 3.8) is 0 Å². The zero-order valence-electron chi connectivity index (χ0n) is 9.04. The van der Waals surface area contributed by atoms with Crippen molar-refractivity contribution in [2.75, 3.05) is 12.3 Å². The first-order chi connectivity index (χ1) is 7.95. The molecule has 0 amide bonds. The number of hydrogen-bond donors (Lipinski definition) is 1. The Bertz CT molecular complexity index is 427. The van der Waals surface area contributed by atoms with Gasteiger partial charge >= 0.3 is 5.97 Å². The molecule has 7 heteroatoms. The average molecular weight is 356 g/mol. The number of pyridine rings is 1. The van der Waals surface area contributed by atoms with E-state index in [2.05, 4.69) is 4.98 Å². The molecular formula is C10H11F2IN2O2. The van der Waals surface area contributed by atoms with Crippen LogP contribution in [-0.2, 0) is 16.0 Å². The normalized spacial score (nSPS) is 10.6. The van der Waals surface area contributed by atoms with Crippen LogP contribution in [-0.4, -0.2) is 17.6 Å². The molecule has 4 nitrogen and oxygen atoms in total. The second-order valence-electron chi connectivity index (χ2n) is 3.17. The molecule has 2 N–H and O–H groups in total. The molecule has 0 aliphatic heterocycles. The monoisotopic (exact) mass is 356 g/mol. The fourth-order valence-electron chi connectivity index (χ4n) is 1.20. The highest BCUT2D eigenvalue weighted by Gasteiger charge is 2.17. The van der Waals surface area contributed by atoms with Gasteiger partial charge in [-0.15, -0.1) is 0 Å². The SMILES string of the molecule is CCOC(=O)Cc1nc(N)c(C(F)F)cc1I. The molecule has 0 radical (unpaired) electrons. The predicted molar refractivity (Wildman–Crippen MR) is 66.7 cm³/mol. The summed E-state index contributed by atoms with van der Waals surface area (Å²) in [4.78, 5) is 15.0. The summed E-state index contributed by atoms with van der Waals surface area (Å²) in [6.45, 7) is 1.95. The first-order valence-corrected chi connectivity index (χ1v) is 5.92. The summed E-state index contributed by atoms with van der Waals surface area (Å²) in [5.74, 6) is -0.707. The zero-order chi connectivity index (χ0) is 13.0. The van der Waals surface area contributed by atoms with E-state index in [1.54, 1.807) is 6.92 Å². The molecular weight excluding hydrogens is 345 g/mol. The summed E-state index contributed by atoms with van der Waals surface area (Å²) >= 11 is 1.84. The zero-order valence-corrected chi connectivity index (χ0v) is 11.2. The molecule has 0 saturated heterocycles. The molecule has 0 aromatic carbocycles. The highest BCUT2D eigenvalue weighted by Crippen LogP contribution is 2.26. The second kappa shape index (κ2) is 6.08. The lowest BCUT2D eigenvalue weighted by Crippen LogP contribution is -2.12. The highest BCUT2D eigenvalue weighted by atomic mass is 127. The van der Waals surface area contributed by atoms with Crippen molar-refractivity contribution in [1.29, 1.82) is 0 Å². The molecule has 0 unspecified atom stereocenters. The van der Waals surface area contributed by atoms with Gasteiger partial charge in [-0.2, -0.15) is 0 Å². The lowest BCUT2D eigenvalue weighted by molar-refractivity contribution is -0.142. The minimum atomic E-state index is -2.67. The number of halogens is 3. The third-order valence-electron chi connectivity index (χ3n) is 1.96. The van der Waals surface area contributed by atoms with Crippen molar-refractivity contribution >= 4 is 34.4 Å². The van der Waals surface area contributed by atoms with Gasteiger partial charge in [0.05, 0.1) is 24.3 Å². The third kappa shape index (κ3) is 3.76. The van der Waals surface area contributed by atoms with Crippen LogP contribution in [0.4, 0.5) is 14.6 Å². The Hall–Kier alpha value is -0.990. The van der Waals surface area contributed by atoms with Gasteiger partial charge < -0.3 is 10.5 Å². The van der Waals surface area contributed by atoms with Gasteiger partial charge in [0.1, 0.15) is 5.82 Å². The summed E-state index contributed by atoms with van der Waals surface area (Å²) in [6.07, 6.45) is -2.74. The smallest absolute Gasteiger partial charge is 0.311 e. The number of carbonyl (C=O) groups is 1. The first kappa shape index (κ1) is 14.1. The van der Waals surface area contributed by atoms with Crippen molar-refractivity contribution < 1.29 is 18.3 Å². The van der Waals surface area contributed by atoms with Gasteiger partial charge in [0.15, 0.2) is 0 Å². The standard InChI is InChI=1S/C10H11F2IN2O2/c1-2-17-8(16)4-7-6(13)3-5(9(11)12)10(14)15-7/h3,9H,2,4H2,1H3,(H2,14,15). The van der Waals surface area contributed by atoms with Gasteiger partial charge in [-0.3, -0.25) is 4.79 Å². The van der Waals surface area contributed by atoms with Crippen molar-refractivity contribution in [2.24, 2.45) is 0 Å². The number of ether oxygens (including phenoxy) is 1. The van der Waals surface area contributed by atoms with E-state index < -0.39 is 12.4 Å². The van der Waals surface area contributed by atoms with Gasteiger partial charge in [0.2, 0.25) is 0 Å². The topological polar surface area (TPSA) is 65.2 Å². The van der Waals surface area contributed by atoms with Gasteiger partial charge in [0, 0.05) is 3.57 Å². The van der Waals surface area contributed by atoms with Crippen LogP contribution < -0.4 is 5.73 Å². The maximum absolute atomic E-state index is 12.5. The van der Waals surface area contributed by atoms with Crippen LogP contribution in [0.15, 0.2) is 6.07 Å². The van der Waals surface area contributed by atoms with E-state index in [4.69, 9.17) is 10.5 Å². The Labute approximate surface area is 111 Å². The molecule has 1 heterocycles. The minimum absolute atomic E-state index is 0.0696. The Morgan fingerprint density at radius 3 is 2.82 bits per heavy atom. The Kier molecular flexibility index (Phi) is 5.03. The van der Waals surface area contributed by atoms with Crippen LogP contribution in [0.5, 0.6) is 0 Å². The van der Waals surface area contributed by atoms with E-state index in [-0.39, 0.29) is 24.4 Å². The number of nitrogens with zero attached hydrogens (tertiary/aromatic N) is 1. The summed E-state index contributed by atoms with van der Waals surface area (Å²) in [6, 6.07) is 1.24. The van der Waals surface area contributed by atoms with Crippen LogP contribution in [0.25, 0.3) is 0 Å². The minimum Gasteiger partial charge on any atom is -0.466 e. The van der Waals surface area contributed by atoms with Crippen molar-refractivity contribution in [2.45, 2.75) is 19.8 Å². The number of nitrogens with two attached hydrogens (primary N) is 1. The van der Waals surface area contributed by atoms with Crippen molar-refractivity contribution in [3.05, 3.63) is 20.9 Å². The molecule has 0 saturated carbocycles. The number of alkyl halides is 2. The molecule has 0 aliphatic carbocycles. The van der Waals surface area contributed by atoms with Gasteiger partial charge in [-0.1, -0.05) is 0 Å². The molecule has 1 rings (SSSR count). The number of hydrogen-bond acceptors (Lipinski definition) is 4. The van der Waals surface area contributed by atoms with Crippen LogP contribution in [0.1, 0.15) is 24.6 Å². The quantitative estimate of drug-likeness (QED) is 0.664. The van der Waals surface area contributed by atoms with Gasteiger partial charge in [-0.05, 0) is 35.6 Å². The van der Waals surface area contributed by atoms with E-state index in [0.29, 0.717) is 9.26 Å². The van der Waals surface area contributed by atoms with Gasteiger partial charge in [-0.25, -0.2) is 13.8 Å². The van der Waals surface area contributed by atoms with E-state index in [1.807, 2.05) is 22.6 Å². The lowest BCUT2D eigenvalue weighted by Gasteiger charge is -2.09. The van der Waals surface area contributed by atoms with Crippen molar-refractivity contribution in [1.82, 2.24) is 4.98 Å². The van der Waals surface area contributed by atoms with E-state index in [1.165, 1.54) is 6.07 Å². The maximum Gasteiger partial charge on any atom is 0.311 e. The molecule has 1 aromatic heterocycles. The van der Waals surface area contributed by atoms with E-state index in [0.717, 1.165) is 0 Å². The molecule has 0 fully saturated rings. The van der Waals surface area contributed by atoms with Crippen LogP contribution in [0, 0.1) is 3.57 Å². The third-order valence-corrected chi connectivity index (χ3v) is 2.90. The predicted octanol–water partition coefficient (Wildman–Crippen LogP) is 2.31. The molecule has 0 atom stereocenters. The summed E-state index contributed by atoms with van der Waals surface area (Å²) in [5, 5.41) is 0. The van der Waals surface area contributed by atoms with Gasteiger partial charge in [0.25, 0.3) is 6.43 Å². The summed E-state index contributed by atoms with van der Waals surface area (Å²) in [5.41, 5.74) is 5.43. The highest BCUT2D eigenvalue weighted by molar-refractivity contribution is 14.1. The largest absolute Gasteiger partial charge is 0.466 e. The maximum atomic E-state index is 12.5.